The van der Waals surface area contributed by atoms with Crippen molar-refractivity contribution >= 4 is 0 Å². The smallest absolute Gasteiger partial charge is 0.0545 e. The van der Waals surface area contributed by atoms with Crippen LogP contribution in [0.2, 0.25) is 0 Å². The molecule has 12 N–H and O–H groups in total. The third kappa shape index (κ3) is 27.3. The number of rotatable bonds is 44. The molecular formula is C103H110N14. The fourth-order valence-electron chi connectivity index (χ4n) is 14.5. The first kappa shape index (κ1) is 81.9. The number of pyridine rings is 4. The van der Waals surface area contributed by atoms with Crippen molar-refractivity contribution in [3.05, 3.63) is 472 Å². The molecule has 0 fully saturated rings. The number of nitrogens with one attached hydrogen (secondary N) is 8. The summed E-state index contributed by atoms with van der Waals surface area (Å²) in [4.78, 5) is 19.8. The summed E-state index contributed by atoms with van der Waals surface area (Å²) in [5.74, 6) is 0. The predicted octanol–water partition coefficient (Wildman–Crippen LogP) is 16.5. The fraction of sp³-hybridized carbons (Fsp3) is 0.223. The lowest BCUT2D eigenvalue weighted by Crippen LogP contribution is -2.17. The van der Waals surface area contributed by atoms with E-state index in [1.54, 1.807) is 0 Å². The lowest BCUT2D eigenvalue weighted by atomic mass is 10.0. The molecule has 14 aromatic rings. The second-order valence-corrected chi connectivity index (χ2v) is 30.8. The van der Waals surface area contributed by atoms with Gasteiger partial charge in [0.2, 0.25) is 0 Å². The van der Waals surface area contributed by atoms with Gasteiger partial charge >= 0.3 is 0 Å². The van der Waals surface area contributed by atoms with Crippen LogP contribution in [0.15, 0.2) is 315 Å². The van der Waals surface area contributed by atoms with Crippen LogP contribution in [0.25, 0.3) is 0 Å². The molecule has 0 aliphatic heterocycles. The monoisotopic (exact) mass is 1540 g/mol. The van der Waals surface area contributed by atoms with Crippen LogP contribution in [0.5, 0.6) is 0 Å². The van der Waals surface area contributed by atoms with Crippen molar-refractivity contribution in [3.63, 3.8) is 0 Å². The molecular weight excluding hydrogens is 1430 g/mol. The van der Waals surface area contributed by atoms with Gasteiger partial charge in [-0.3, -0.25) is 19.9 Å². The van der Waals surface area contributed by atoms with E-state index in [2.05, 4.69) is 358 Å². The lowest BCUT2D eigenvalue weighted by molar-refractivity contribution is 0.654. The maximum absolute atomic E-state index is 5.76. The molecule has 0 saturated carbocycles. The van der Waals surface area contributed by atoms with Crippen molar-refractivity contribution in [2.24, 2.45) is 11.5 Å². The second-order valence-electron chi connectivity index (χ2n) is 30.8. The summed E-state index contributed by atoms with van der Waals surface area (Å²) in [7, 11) is 0. The van der Waals surface area contributed by atoms with Crippen LogP contribution in [0.3, 0.4) is 0 Å². The first-order valence-corrected chi connectivity index (χ1v) is 41.4. The second kappa shape index (κ2) is 43.9. The van der Waals surface area contributed by atoms with Crippen molar-refractivity contribution in [1.29, 1.82) is 0 Å². The summed E-state index contributed by atoms with van der Waals surface area (Å²) in [6, 6.07) is 114. The highest BCUT2D eigenvalue weighted by Crippen LogP contribution is 2.21. The minimum Gasteiger partial charge on any atom is -0.326 e. The topological polar surface area (TPSA) is 200 Å². The first-order chi connectivity index (χ1) is 57.7. The summed E-state index contributed by atoms with van der Waals surface area (Å²) in [5.41, 5.74) is 45.2. The Kier molecular flexibility index (Phi) is 30.8. The highest BCUT2D eigenvalue weighted by Gasteiger charge is 2.10. The summed E-state index contributed by atoms with van der Waals surface area (Å²) >= 11 is 0. The van der Waals surface area contributed by atoms with Gasteiger partial charge in [0.15, 0.2) is 0 Å². The number of hydrogen-bond donors (Lipinski definition) is 10. The number of benzene rings is 10. The van der Waals surface area contributed by atoms with E-state index in [0.717, 1.165) is 154 Å². The molecule has 0 bridgehead atoms. The Morgan fingerprint density at radius 2 is 0.248 bits per heavy atom. The molecule has 0 spiro atoms. The maximum Gasteiger partial charge on any atom is 0.0545 e. The van der Waals surface area contributed by atoms with Gasteiger partial charge in [-0.1, -0.05) is 267 Å². The molecule has 4 heterocycles. The molecule has 0 amide bonds. The molecule has 0 saturated heterocycles. The van der Waals surface area contributed by atoms with Crippen LogP contribution in [-0.2, 0) is 150 Å². The Bertz CT molecular complexity index is 4960. The quantitative estimate of drug-likeness (QED) is 0.0173. The molecule has 0 atom stereocenters. The van der Waals surface area contributed by atoms with Crippen molar-refractivity contribution in [1.82, 2.24) is 62.5 Å². The number of nitrogens with two attached hydrogens (primary N) is 2. The first-order valence-electron chi connectivity index (χ1n) is 41.4. The zero-order valence-corrected chi connectivity index (χ0v) is 67.2. The van der Waals surface area contributed by atoms with Gasteiger partial charge in [-0.15, -0.1) is 0 Å². The average molecular weight is 1540 g/mol. The van der Waals surface area contributed by atoms with E-state index >= 15 is 0 Å². The Labute approximate surface area is 692 Å². The average Bonchev–Trinajstić information content (AvgIpc) is 0.879. The highest BCUT2D eigenvalue weighted by molar-refractivity contribution is 5.37. The van der Waals surface area contributed by atoms with E-state index in [1.165, 1.54) is 100 Å². The van der Waals surface area contributed by atoms with Crippen molar-refractivity contribution in [3.8, 4) is 0 Å². The van der Waals surface area contributed by atoms with E-state index in [0.29, 0.717) is 52.4 Å². The van der Waals surface area contributed by atoms with Gasteiger partial charge in [-0.2, -0.15) is 0 Å². The Morgan fingerprint density at radius 3 is 0.368 bits per heavy atom. The molecule has 14 nitrogen and oxygen atoms in total. The Hall–Kier alpha value is -11.6. The Morgan fingerprint density at radius 1 is 0.137 bits per heavy atom. The molecule has 10 aromatic carbocycles. The summed E-state index contributed by atoms with van der Waals surface area (Å²) < 4.78 is 0. The van der Waals surface area contributed by atoms with Crippen LogP contribution in [0.1, 0.15) is 157 Å². The predicted molar refractivity (Wildman–Crippen MR) is 476 cm³/mol. The molecule has 4 aromatic heterocycles. The fourth-order valence-corrected chi connectivity index (χ4v) is 14.5. The lowest BCUT2D eigenvalue weighted by Gasteiger charge is -2.10. The summed E-state index contributed by atoms with van der Waals surface area (Å²) in [5, 5.41) is 28.8. The standard InChI is InChI=1S/C103H110N14/c104-58-86-33-13-76(14-34-86)53-78-17-37-88(38-18-78)60-106-68-96-5-1-7-98(114-96)70-108-62-90-41-21-80(22-42-90)55-82-25-45-92(46-26-82)64-110-72-100-9-3-11-102(116-100)74-112-66-94-49-29-84(30-50-94)57-85-31-51-95(52-32-85)67-113-75-103-12-4-10-101(117-103)73-111-65-93-47-27-83(28-48-93)56-81-23-43-91(44-24-81)63-109-71-99-8-2-6-97(115-99)69-107-61-89-39-19-79(20-40-89)54-77-15-35-87(59-105)36-16-77/h1-52,106-113H,53-75,104-105H2. The number of aromatic nitrogens is 4. The third-order valence-electron chi connectivity index (χ3n) is 21.3. The molecule has 0 aliphatic rings. The largest absolute Gasteiger partial charge is 0.326 e. The zero-order valence-electron chi connectivity index (χ0n) is 67.2. The maximum atomic E-state index is 5.76. The molecule has 0 radical (unpaired) electrons. The molecule has 117 heavy (non-hydrogen) atoms. The van der Waals surface area contributed by atoms with Gasteiger partial charge in [0, 0.05) is 118 Å². The normalized spacial score (nSPS) is 11.4. The van der Waals surface area contributed by atoms with Gasteiger partial charge in [0.25, 0.3) is 0 Å². The zero-order chi connectivity index (χ0) is 79.7. The van der Waals surface area contributed by atoms with Crippen LogP contribution in [0.4, 0.5) is 0 Å². The summed E-state index contributed by atoms with van der Waals surface area (Å²) in [6.45, 7) is 13.1. The highest BCUT2D eigenvalue weighted by atomic mass is 15.0. The summed E-state index contributed by atoms with van der Waals surface area (Å²) in [6.07, 6.45) is 4.52. The number of hydrogen-bond acceptors (Lipinski definition) is 14. The van der Waals surface area contributed by atoms with Gasteiger partial charge in [0.05, 0.1) is 45.6 Å². The van der Waals surface area contributed by atoms with E-state index in [9.17, 15) is 0 Å². The number of nitrogens with zero attached hydrogens (tertiary/aromatic N) is 4. The van der Waals surface area contributed by atoms with Gasteiger partial charge in [0.1, 0.15) is 0 Å². The van der Waals surface area contributed by atoms with Crippen LogP contribution in [0, 0.1) is 0 Å². The van der Waals surface area contributed by atoms with E-state index in [1.807, 2.05) is 0 Å². The van der Waals surface area contributed by atoms with E-state index < -0.39 is 0 Å². The van der Waals surface area contributed by atoms with E-state index in [-0.39, 0.29) is 0 Å². The van der Waals surface area contributed by atoms with E-state index in [4.69, 9.17) is 31.4 Å². The molecule has 592 valence electrons. The minimum absolute atomic E-state index is 0.574. The van der Waals surface area contributed by atoms with Crippen LogP contribution >= 0.6 is 0 Å². The van der Waals surface area contributed by atoms with Crippen LogP contribution < -0.4 is 54.0 Å². The molecule has 0 aliphatic carbocycles. The molecule has 14 rings (SSSR count). The van der Waals surface area contributed by atoms with Gasteiger partial charge < -0.3 is 54.0 Å². The SMILES string of the molecule is NCc1ccc(Cc2ccc(CNCc3cccc(CNCc4ccc(Cc5ccc(CNCc6cccc(CNCc7ccc(Cc8ccc(CNCc9cccc(CNCc%10ccc(Cc%11ccc(CNCc%12cccc(CNCc%13ccc(Cc%14ccc(CN)cc%14)cc%13)n%12)cc%11)cc%10)n9)cc8)cc7)n6)cc5)cc4)n3)cc2)cc1. The molecule has 14 heteroatoms. The Balaban J connectivity index is 0.421. The van der Waals surface area contributed by atoms with Gasteiger partial charge in [-0.05, 0) is 192 Å². The van der Waals surface area contributed by atoms with Crippen molar-refractivity contribution in [2.75, 3.05) is 0 Å². The minimum atomic E-state index is 0.574. The third-order valence-corrected chi connectivity index (χ3v) is 21.3. The van der Waals surface area contributed by atoms with Crippen molar-refractivity contribution < 1.29 is 0 Å². The van der Waals surface area contributed by atoms with Gasteiger partial charge in [-0.25, -0.2) is 0 Å². The van der Waals surface area contributed by atoms with Crippen molar-refractivity contribution in [2.45, 2.75) is 150 Å². The van der Waals surface area contributed by atoms with Crippen LogP contribution in [-0.4, -0.2) is 19.9 Å². The molecule has 0 unspecified atom stereocenters.